The van der Waals surface area contributed by atoms with Crippen LogP contribution in [0, 0.1) is 5.92 Å². The molecular formula is C17H29N5O8. The number of primary amides is 1. The molecule has 0 heterocycles. The van der Waals surface area contributed by atoms with Crippen molar-refractivity contribution < 1.29 is 39.0 Å². The van der Waals surface area contributed by atoms with Gasteiger partial charge in [0, 0.05) is 0 Å². The van der Waals surface area contributed by atoms with Crippen molar-refractivity contribution in [1.82, 2.24) is 16.0 Å². The van der Waals surface area contributed by atoms with Crippen LogP contribution < -0.4 is 27.4 Å². The minimum Gasteiger partial charge on any atom is -0.481 e. The second-order valence-electron chi connectivity index (χ2n) is 6.88. The lowest BCUT2D eigenvalue weighted by Crippen LogP contribution is -2.57. The highest BCUT2D eigenvalue weighted by Crippen LogP contribution is 2.08. The molecule has 0 aromatic rings. The van der Waals surface area contributed by atoms with Crippen molar-refractivity contribution >= 4 is 35.6 Å². The number of carbonyl (C=O) groups excluding carboxylic acids is 4. The lowest BCUT2D eigenvalue weighted by Gasteiger charge is -2.24. The normalized spacial score (nSPS) is 15.6. The highest BCUT2D eigenvalue weighted by molar-refractivity contribution is 5.96. The number of aliphatic carboxylic acids is 2. The summed E-state index contributed by atoms with van der Waals surface area (Å²) in [5.74, 6) is -6.68. The van der Waals surface area contributed by atoms with E-state index in [1.807, 2.05) is 0 Å². The molecule has 0 saturated heterocycles. The zero-order chi connectivity index (χ0) is 23.6. The smallest absolute Gasteiger partial charge is 0.326 e. The minimum absolute atomic E-state index is 0.375. The van der Waals surface area contributed by atoms with Crippen LogP contribution in [0.25, 0.3) is 0 Å². The van der Waals surface area contributed by atoms with Crippen molar-refractivity contribution in [2.24, 2.45) is 17.4 Å². The molecule has 0 aliphatic heterocycles. The number of rotatable bonds is 13. The summed E-state index contributed by atoms with van der Waals surface area (Å²) in [6.07, 6.45) is -0.853. The average molecular weight is 431 g/mol. The van der Waals surface area contributed by atoms with Crippen molar-refractivity contribution in [3.8, 4) is 0 Å². The van der Waals surface area contributed by atoms with Crippen LogP contribution in [0.5, 0.6) is 0 Å². The van der Waals surface area contributed by atoms with E-state index in [1.165, 1.54) is 6.92 Å². The minimum atomic E-state index is -1.59. The topological polar surface area (TPSA) is 231 Å². The first kappa shape index (κ1) is 26.8. The number of nitrogens with one attached hydrogen (secondary N) is 3. The fourth-order valence-corrected chi connectivity index (χ4v) is 2.31. The molecule has 13 heteroatoms. The second-order valence-corrected chi connectivity index (χ2v) is 6.88. The van der Waals surface area contributed by atoms with Crippen LogP contribution in [-0.4, -0.2) is 69.9 Å². The first-order valence-corrected chi connectivity index (χ1v) is 9.19. The zero-order valence-electron chi connectivity index (χ0n) is 17.0. The molecule has 0 rings (SSSR count). The molecule has 0 aliphatic carbocycles. The summed E-state index contributed by atoms with van der Waals surface area (Å²) in [5, 5.41) is 24.8. The van der Waals surface area contributed by atoms with E-state index in [0.29, 0.717) is 6.42 Å². The van der Waals surface area contributed by atoms with Gasteiger partial charge in [-0.3, -0.25) is 24.0 Å². The maximum absolute atomic E-state index is 12.4. The van der Waals surface area contributed by atoms with Crippen molar-refractivity contribution in [3.63, 3.8) is 0 Å². The molecule has 9 N–H and O–H groups in total. The highest BCUT2D eigenvalue weighted by atomic mass is 16.4. The summed E-state index contributed by atoms with van der Waals surface area (Å²) >= 11 is 0. The third-order valence-corrected chi connectivity index (χ3v) is 4.30. The molecule has 0 saturated carbocycles. The number of hydrogen-bond acceptors (Lipinski definition) is 7. The van der Waals surface area contributed by atoms with E-state index in [0.717, 1.165) is 0 Å². The molecule has 0 aliphatic rings. The Bertz CT molecular complexity index is 683. The Labute approximate surface area is 172 Å². The van der Waals surface area contributed by atoms with Gasteiger partial charge in [0.2, 0.25) is 23.6 Å². The van der Waals surface area contributed by atoms with Gasteiger partial charge < -0.3 is 37.6 Å². The van der Waals surface area contributed by atoms with Crippen LogP contribution in [0.15, 0.2) is 0 Å². The molecule has 0 spiro atoms. The third kappa shape index (κ3) is 9.32. The molecule has 4 amide bonds. The van der Waals surface area contributed by atoms with Gasteiger partial charge in [-0.15, -0.1) is 0 Å². The van der Waals surface area contributed by atoms with Gasteiger partial charge in [-0.05, 0) is 12.8 Å². The number of carboxylic acids is 2. The van der Waals surface area contributed by atoms with Crippen LogP contribution in [0.4, 0.5) is 0 Å². The maximum atomic E-state index is 12.4. The van der Waals surface area contributed by atoms with Gasteiger partial charge in [-0.2, -0.15) is 0 Å². The number of carbonyl (C=O) groups is 6. The van der Waals surface area contributed by atoms with E-state index in [-0.39, 0.29) is 5.92 Å². The maximum Gasteiger partial charge on any atom is 0.326 e. The Hall–Kier alpha value is -3.22. The third-order valence-electron chi connectivity index (χ3n) is 4.30. The van der Waals surface area contributed by atoms with E-state index in [2.05, 4.69) is 16.0 Å². The van der Waals surface area contributed by atoms with E-state index in [9.17, 15) is 33.9 Å². The fourth-order valence-electron chi connectivity index (χ4n) is 2.31. The molecule has 5 atom stereocenters. The molecule has 0 bridgehead atoms. The Morgan fingerprint density at radius 2 is 1.43 bits per heavy atom. The van der Waals surface area contributed by atoms with Gasteiger partial charge in [-0.25, -0.2) is 4.79 Å². The average Bonchev–Trinajstić information content (AvgIpc) is 2.63. The van der Waals surface area contributed by atoms with Gasteiger partial charge in [-0.1, -0.05) is 20.3 Å². The van der Waals surface area contributed by atoms with Gasteiger partial charge in [0.1, 0.15) is 18.1 Å². The zero-order valence-corrected chi connectivity index (χ0v) is 17.0. The first-order chi connectivity index (χ1) is 13.8. The van der Waals surface area contributed by atoms with E-state index in [1.54, 1.807) is 13.8 Å². The van der Waals surface area contributed by atoms with E-state index < -0.39 is 72.6 Å². The molecule has 13 nitrogen and oxygen atoms in total. The molecule has 0 aromatic carbocycles. The van der Waals surface area contributed by atoms with Crippen LogP contribution in [0.3, 0.4) is 0 Å². The summed E-state index contributed by atoms with van der Waals surface area (Å²) in [6, 6.07) is -5.38. The summed E-state index contributed by atoms with van der Waals surface area (Å²) in [4.78, 5) is 69.7. The van der Waals surface area contributed by atoms with Crippen molar-refractivity contribution in [1.29, 1.82) is 0 Å². The molecule has 0 radical (unpaired) electrons. The van der Waals surface area contributed by atoms with Crippen molar-refractivity contribution in [3.05, 3.63) is 0 Å². The molecular weight excluding hydrogens is 402 g/mol. The fraction of sp³-hybridized carbons (Fsp3) is 0.647. The summed E-state index contributed by atoms with van der Waals surface area (Å²) in [7, 11) is 0. The number of amides is 4. The SMILES string of the molecule is CCC(C)C(NC(=O)C(C)NC(=O)C(CC(=O)O)NC(=O)C(N)CC(N)=O)C(=O)O. The van der Waals surface area contributed by atoms with Crippen LogP contribution >= 0.6 is 0 Å². The van der Waals surface area contributed by atoms with Gasteiger partial charge in [0.05, 0.1) is 18.9 Å². The van der Waals surface area contributed by atoms with Gasteiger partial charge in [0.15, 0.2) is 0 Å². The van der Waals surface area contributed by atoms with Crippen LogP contribution in [0.1, 0.15) is 40.0 Å². The Kier molecular flexibility index (Phi) is 11.0. The van der Waals surface area contributed by atoms with Crippen LogP contribution in [0.2, 0.25) is 0 Å². The predicted octanol–water partition coefficient (Wildman–Crippen LogP) is -2.73. The number of hydrogen-bond donors (Lipinski definition) is 7. The molecule has 0 aromatic heterocycles. The Morgan fingerprint density at radius 3 is 1.87 bits per heavy atom. The molecule has 30 heavy (non-hydrogen) atoms. The number of carboxylic acid groups (broad SMARTS) is 2. The summed E-state index contributed by atoms with van der Waals surface area (Å²) in [6.45, 7) is 4.65. The lowest BCUT2D eigenvalue weighted by molar-refractivity contribution is -0.144. The van der Waals surface area contributed by atoms with Crippen molar-refractivity contribution in [2.75, 3.05) is 0 Å². The Morgan fingerprint density at radius 1 is 0.867 bits per heavy atom. The summed E-state index contributed by atoms with van der Waals surface area (Å²) in [5.41, 5.74) is 10.4. The predicted molar refractivity (Wildman–Crippen MR) is 103 cm³/mol. The quantitative estimate of drug-likeness (QED) is 0.160. The molecule has 170 valence electrons. The van der Waals surface area contributed by atoms with Gasteiger partial charge in [0.25, 0.3) is 0 Å². The van der Waals surface area contributed by atoms with E-state index >= 15 is 0 Å². The largest absolute Gasteiger partial charge is 0.481 e. The summed E-state index contributed by atoms with van der Waals surface area (Å²) < 4.78 is 0. The molecule has 5 unspecified atom stereocenters. The van der Waals surface area contributed by atoms with Gasteiger partial charge >= 0.3 is 11.9 Å². The standard InChI is InChI=1S/C17H29N5O8/c1-4-7(2)13(17(29)30)22-14(26)8(3)20-16(28)10(6-12(24)25)21-15(27)9(18)5-11(19)23/h7-10,13H,4-6,18H2,1-3H3,(H2,19,23)(H,20,28)(H,21,27)(H,22,26)(H,24,25)(H,29,30). The van der Waals surface area contributed by atoms with Crippen molar-refractivity contribution in [2.45, 2.75) is 64.2 Å². The molecule has 0 fully saturated rings. The lowest BCUT2D eigenvalue weighted by atomic mass is 9.99. The highest BCUT2D eigenvalue weighted by Gasteiger charge is 2.31. The second kappa shape index (κ2) is 12.4. The first-order valence-electron chi connectivity index (χ1n) is 9.19. The van der Waals surface area contributed by atoms with Crippen LogP contribution in [-0.2, 0) is 28.8 Å². The van der Waals surface area contributed by atoms with E-state index in [4.69, 9.17) is 16.6 Å². The monoisotopic (exact) mass is 431 g/mol. The Balaban J connectivity index is 5.14. The number of nitrogens with two attached hydrogens (primary N) is 2.